The van der Waals surface area contributed by atoms with E-state index in [0.717, 1.165) is 11.8 Å². The number of carbonyl (C=O) groups is 1. The monoisotopic (exact) mass is 345 g/mol. The topological polar surface area (TPSA) is 70.8 Å². The quantitative estimate of drug-likeness (QED) is 0.524. The van der Waals surface area contributed by atoms with Crippen molar-refractivity contribution in [3.05, 3.63) is 57.8 Å². The van der Waals surface area contributed by atoms with Gasteiger partial charge in [-0.1, -0.05) is 30.1 Å². The molecule has 3 rings (SSSR count). The summed E-state index contributed by atoms with van der Waals surface area (Å²) in [6, 6.07) is 4.26. The van der Waals surface area contributed by atoms with E-state index in [0.29, 0.717) is 21.2 Å². The molecule has 0 radical (unpaired) electrons. The molecule has 1 aromatic carbocycles. The Morgan fingerprint density at radius 1 is 1.39 bits per heavy atom. The Hall–Kier alpha value is -2.38. The summed E-state index contributed by atoms with van der Waals surface area (Å²) in [5, 5.41) is 9.75. The molecule has 2 heterocycles. The molecular formula is C16H11NO4S2. The van der Waals surface area contributed by atoms with Gasteiger partial charge in [-0.05, 0) is 18.2 Å². The lowest BCUT2D eigenvalue weighted by Crippen LogP contribution is -2.27. The molecule has 5 nitrogen and oxygen atoms in total. The number of aromatic hydroxyl groups is 1. The molecule has 1 amide bonds. The van der Waals surface area contributed by atoms with Crippen molar-refractivity contribution >= 4 is 51.3 Å². The van der Waals surface area contributed by atoms with Crippen molar-refractivity contribution in [2.75, 3.05) is 6.54 Å². The Balaban J connectivity index is 2.05. The molecule has 1 saturated heterocycles. The van der Waals surface area contributed by atoms with Gasteiger partial charge in [0.1, 0.15) is 21.9 Å². The summed E-state index contributed by atoms with van der Waals surface area (Å²) in [5.41, 5.74) is 0.258. The van der Waals surface area contributed by atoms with Crippen molar-refractivity contribution in [2.45, 2.75) is 0 Å². The van der Waals surface area contributed by atoms with Gasteiger partial charge < -0.3 is 9.52 Å². The number of amides is 1. The maximum atomic E-state index is 12.5. The molecule has 23 heavy (non-hydrogen) atoms. The summed E-state index contributed by atoms with van der Waals surface area (Å²) in [6.07, 6.45) is 4.33. The smallest absolute Gasteiger partial charge is 0.266 e. The molecule has 7 heteroatoms. The van der Waals surface area contributed by atoms with Crippen LogP contribution in [0.2, 0.25) is 0 Å². The minimum Gasteiger partial charge on any atom is -0.508 e. The Labute approximate surface area is 140 Å². The van der Waals surface area contributed by atoms with Crippen molar-refractivity contribution < 1.29 is 14.3 Å². The second kappa shape index (κ2) is 6.02. The van der Waals surface area contributed by atoms with Crippen molar-refractivity contribution in [2.24, 2.45) is 0 Å². The number of benzene rings is 1. The van der Waals surface area contributed by atoms with E-state index in [1.165, 1.54) is 35.4 Å². The molecule has 0 atom stereocenters. The van der Waals surface area contributed by atoms with Crippen molar-refractivity contribution in [1.82, 2.24) is 4.90 Å². The van der Waals surface area contributed by atoms with Crippen molar-refractivity contribution in [3.63, 3.8) is 0 Å². The summed E-state index contributed by atoms with van der Waals surface area (Å²) < 4.78 is 5.79. The summed E-state index contributed by atoms with van der Waals surface area (Å²) in [5.74, 6) is -0.246. The van der Waals surface area contributed by atoms with Crippen LogP contribution in [0.1, 0.15) is 5.56 Å². The minimum absolute atomic E-state index is 0.0127. The van der Waals surface area contributed by atoms with E-state index in [4.69, 9.17) is 16.6 Å². The summed E-state index contributed by atoms with van der Waals surface area (Å²) in [7, 11) is 0. The number of carbonyl (C=O) groups excluding carboxylic acids is 1. The van der Waals surface area contributed by atoms with E-state index in [-0.39, 0.29) is 28.2 Å². The molecule has 0 aliphatic carbocycles. The Morgan fingerprint density at radius 2 is 2.17 bits per heavy atom. The van der Waals surface area contributed by atoms with Gasteiger partial charge in [-0.15, -0.1) is 6.58 Å². The van der Waals surface area contributed by atoms with E-state index in [2.05, 4.69) is 6.58 Å². The average Bonchev–Trinajstić information content (AvgIpc) is 2.78. The number of fused-ring (bicyclic) bond motifs is 1. The fourth-order valence-corrected chi connectivity index (χ4v) is 3.43. The molecule has 0 unspecified atom stereocenters. The van der Waals surface area contributed by atoms with Gasteiger partial charge in [0.05, 0.1) is 15.9 Å². The van der Waals surface area contributed by atoms with Gasteiger partial charge >= 0.3 is 0 Å². The standard InChI is InChI=1S/C16H11NO4S2/c1-2-5-17-15(20)13(23-16(17)22)6-9-8-21-12-7-10(18)3-4-11(12)14(9)19/h2-4,6-8,18H,1,5H2. The SMILES string of the molecule is C=CCN1C(=O)C(=Cc2coc3cc(O)ccc3c2=O)SC1=S. The van der Waals surface area contributed by atoms with Gasteiger partial charge in [-0.3, -0.25) is 14.5 Å². The van der Waals surface area contributed by atoms with E-state index in [1.807, 2.05) is 0 Å². The fourth-order valence-electron chi connectivity index (χ4n) is 2.16. The van der Waals surface area contributed by atoms with Crippen LogP contribution in [0.4, 0.5) is 0 Å². The van der Waals surface area contributed by atoms with E-state index in [9.17, 15) is 14.7 Å². The Bertz CT molecular complexity index is 929. The molecular weight excluding hydrogens is 334 g/mol. The second-order valence-electron chi connectivity index (χ2n) is 4.78. The third-order valence-electron chi connectivity index (χ3n) is 3.26. The van der Waals surface area contributed by atoms with Crippen LogP contribution in [0.5, 0.6) is 5.75 Å². The normalized spacial score (nSPS) is 16.5. The van der Waals surface area contributed by atoms with Crippen LogP contribution in [-0.4, -0.2) is 26.8 Å². The number of phenolic OH excluding ortho intramolecular Hbond substituents is 1. The molecule has 1 N–H and O–H groups in total. The molecule has 1 aromatic heterocycles. The first kappa shape index (κ1) is 15.5. The lowest BCUT2D eigenvalue weighted by Gasteiger charge is -2.10. The van der Waals surface area contributed by atoms with Crippen LogP contribution < -0.4 is 5.43 Å². The number of thiocarbonyl (C=S) groups is 1. The molecule has 1 aliphatic heterocycles. The van der Waals surface area contributed by atoms with Gasteiger partial charge in [0, 0.05) is 12.6 Å². The number of hydrogen-bond acceptors (Lipinski definition) is 6. The van der Waals surface area contributed by atoms with Gasteiger partial charge in [0.15, 0.2) is 5.43 Å². The first-order valence-electron chi connectivity index (χ1n) is 6.62. The zero-order valence-electron chi connectivity index (χ0n) is 11.8. The third-order valence-corrected chi connectivity index (χ3v) is 4.63. The van der Waals surface area contributed by atoms with Crippen LogP contribution in [0.25, 0.3) is 17.0 Å². The lowest BCUT2D eigenvalue weighted by atomic mass is 10.1. The zero-order valence-corrected chi connectivity index (χ0v) is 13.4. The van der Waals surface area contributed by atoms with Crippen LogP contribution in [0.15, 0.2) is 51.2 Å². The number of thioether (sulfide) groups is 1. The van der Waals surface area contributed by atoms with Crippen molar-refractivity contribution in [1.29, 1.82) is 0 Å². The van der Waals surface area contributed by atoms with Crippen LogP contribution >= 0.6 is 24.0 Å². The molecule has 0 saturated carbocycles. The molecule has 1 fully saturated rings. The number of nitrogens with zero attached hydrogens (tertiary/aromatic N) is 1. The number of hydrogen-bond donors (Lipinski definition) is 1. The molecule has 2 aromatic rings. The summed E-state index contributed by atoms with van der Waals surface area (Å²) in [6.45, 7) is 3.92. The highest BCUT2D eigenvalue weighted by molar-refractivity contribution is 8.26. The van der Waals surface area contributed by atoms with Crippen LogP contribution in [0, 0.1) is 0 Å². The third kappa shape index (κ3) is 2.80. The van der Waals surface area contributed by atoms with E-state index < -0.39 is 0 Å². The minimum atomic E-state index is -0.278. The maximum Gasteiger partial charge on any atom is 0.266 e. The molecule has 1 aliphatic rings. The maximum absolute atomic E-state index is 12.5. The van der Waals surface area contributed by atoms with Gasteiger partial charge in [-0.2, -0.15) is 0 Å². The first-order chi connectivity index (χ1) is 11.0. The summed E-state index contributed by atoms with van der Waals surface area (Å²) in [4.78, 5) is 26.5. The van der Waals surface area contributed by atoms with E-state index >= 15 is 0 Å². The predicted molar refractivity (Wildman–Crippen MR) is 94.2 cm³/mol. The number of phenols is 1. The first-order valence-corrected chi connectivity index (χ1v) is 7.84. The predicted octanol–water partition coefficient (Wildman–Crippen LogP) is 2.89. The highest BCUT2D eigenvalue weighted by Gasteiger charge is 2.31. The van der Waals surface area contributed by atoms with Gasteiger partial charge in [0.25, 0.3) is 5.91 Å². The van der Waals surface area contributed by atoms with Crippen molar-refractivity contribution in [3.8, 4) is 5.75 Å². The van der Waals surface area contributed by atoms with Gasteiger partial charge in [-0.25, -0.2) is 0 Å². The van der Waals surface area contributed by atoms with E-state index in [1.54, 1.807) is 6.08 Å². The molecule has 116 valence electrons. The lowest BCUT2D eigenvalue weighted by molar-refractivity contribution is -0.121. The van der Waals surface area contributed by atoms with Gasteiger partial charge in [0.2, 0.25) is 0 Å². The average molecular weight is 345 g/mol. The van der Waals surface area contributed by atoms with Crippen LogP contribution in [0.3, 0.4) is 0 Å². The largest absolute Gasteiger partial charge is 0.508 e. The Kier molecular flexibility index (Phi) is 4.06. The Morgan fingerprint density at radius 3 is 2.91 bits per heavy atom. The zero-order chi connectivity index (χ0) is 16.6. The fraction of sp³-hybridized carbons (Fsp3) is 0.0625. The molecule has 0 bridgehead atoms. The second-order valence-corrected chi connectivity index (χ2v) is 6.46. The van der Waals surface area contributed by atoms with Crippen LogP contribution in [-0.2, 0) is 4.79 Å². The summed E-state index contributed by atoms with van der Waals surface area (Å²) >= 11 is 6.28. The molecule has 0 spiro atoms. The highest BCUT2D eigenvalue weighted by Crippen LogP contribution is 2.32. The number of rotatable bonds is 3. The highest BCUT2D eigenvalue weighted by atomic mass is 32.2.